The summed E-state index contributed by atoms with van der Waals surface area (Å²) in [6.45, 7) is 3.32. The van der Waals surface area contributed by atoms with Gasteiger partial charge in [-0.1, -0.05) is 19.9 Å². The monoisotopic (exact) mass is 267 g/mol. The van der Waals surface area contributed by atoms with E-state index in [-0.39, 0.29) is 10.8 Å². The minimum atomic E-state index is -3.73. The predicted molar refractivity (Wildman–Crippen MR) is 68.6 cm³/mol. The third-order valence-electron chi connectivity index (χ3n) is 3.14. The molecular formula is C13H17NO3S. The van der Waals surface area contributed by atoms with Crippen molar-refractivity contribution in [3.63, 3.8) is 0 Å². The number of nitrogens with one attached hydrogen (secondary N) is 1. The molecule has 2 rings (SSSR count). The Labute approximate surface area is 107 Å². The highest BCUT2D eigenvalue weighted by Crippen LogP contribution is 2.24. The summed E-state index contributed by atoms with van der Waals surface area (Å²) in [4.78, 5) is 11.7. The van der Waals surface area contributed by atoms with Crippen LogP contribution in [-0.4, -0.2) is 14.3 Å². The van der Waals surface area contributed by atoms with Crippen molar-refractivity contribution in [3.05, 3.63) is 29.3 Å². The summed E-state index contributed by atoms with van der Waals surface area (Å²) >= 11 is 0. The highest BCUT2D eigenvalue weighted by atomic mass is 32.2. The standard InChI is InChI=1S/C13H17NO3S/c1-9(2)13(15)14-18(16,17)12-7-6-10-4-3-5-11(10)8-12/h6-9H,3-5H2,1-2H3,(H,14,15). The first kappa shape index (κ1) is 13.1. The zero-order valence-corrected chi connectivity index (χ0v) is 11.4. The second-order valence-corrected chi connectivity index (χ2v) is 6.59. The normalized spacial score (nSPS) is 14.6. The van der Waals surface area contributed by atoms with Crippen molar-refractivity contribution in [3.8, 4) is 0 Å². The number of hydrogen-bond donors (Lipinski definition) is 1. The molecule has 0 saturated heterocycles. The number of carbonyl (C=O) groups is 1. The van der Waals surface area contributed by atoms with Crippen molar-refractivity contribution < 1.29 is 13.2 Å². The predicted octanol–water partition coefficient (Wildman–Crippen LogP) is 1.64. The van der Waals surface area contributed by atoms with E-state index in [0.717, 1.165) is 24.8 Å². The van der Waals surface area contributed by atoms with Gasteiger partial charge >= 0.3 is 0 Å². The maximum absolute atomic E-state index is 12.0. The molecule has 1 aromatic rings. The summed E-state index contributed by atoms with van der Waals surface area (Å²) in [7, 11) is -3.73. The van der Waals surface area contributed by atoms with Crippen LogP contribution < -0.4 is 4.72 Å². The highest BCUT2D eigenvalue weighted by molar-refractivity contribution is 7.90. The molecule has 0 aliphatic heterocycles. The number of hydrogen-bond acceptors (Lipinski definition) is 3. The lowest BCUT2D eigenvalue weighted by molar-refractivity contribution is -0.122. The molecule has 4 nitrogen and oxygen atoms in total. The number of fused-ring (bicyclic) bond motifs is 1. The Hall–Kier alpha value is -1.36. The minimum Gasteiger partial charge on any atom is -0.274 e. The quantitative estimate of drug-likeness (QED) is 0.905. The van der Waals surface area contributed by atoms with Crippen molar-refractivity contribution in [1.82, 2.24) is 4.72 Å². The molecule has 0 spiro atoms. The van der Waals surface area contributed by atoms with Gasteiger partial charge in [-0.25, -0.2) is 13.1 Å². The van der Waals surface area contributed by atoms with E-state index in [1.54, 1.807) is 26.0 Å². The van der Waals surface area contributed by atoms with E-state index >= 15 is 0 Å². The molecule has 0 fully saturated rings. The summed E-state index contributed by atoms with van der Waals surface area (Å²) in [6, 6.07) is 5.09. The van der Waals surface area contributed by atoms with Crippen molar-refractivity contribution in [2.75, 3.05) is 0 Å². The van der Waals surface area contributed by atoms with Crippen molar-refractivity contribution in [2.24, 2.45) is 5.92 Å². The number of aryl methyl sites for hydroxylation is 2. The molecular weight excluding hydrogens is 250 g/mol. The summed E-state index contributed by atoms with van der Waals surface area (Å²) in [5.74, 6) is -0.829. The molecule has 1 aromatic carbocycles. The minimum absolute atomic E-state index is 0.178. The van der Waals surface area contributed by atoms with E-state index < -0.39 is 15.9 Å². The first-order valence-electron chi connectivity index (χ1n) is 6.08. The Kier molecular flexibility index (Phi) is 3.43. The van der Waals surface area contributed by atoms with E-state index in [4.69, 9.17) is 0 Å². The zero-order chi connectivity index (χ0) is 13.3. The molecule has 5 heteroatoms. The van der Waals surface area contributed by atoms with E-state index in [2.05, 4.69) is 4.72 Å². The van der Waals surface area contributed by atoms with Gasteiger partial charge in [0.1, 0.15) is 0 Å². The number of amides is 1. The van der Waals surface area contributed by atoms with Crippen LogP contribution in [0.5, 0.6) is 0 Å². The SMILES string of the molecule is CC(C)C(=O)NS(=O)(=O)c1ccc2c(c1)CCC2. The van der Waals surface area contributed by atoms with Crippen LogP contribution in [0.4, 0.5) is 0 Å². The Bertz CT molecular complexity index is 576. The first-order chi connectivity index (χ1) is 8.40. The summed E-state index contributed by atoms with van der Waals surface area (Å²) in [5, 5.41) is 0. The largest absolute Gasteiger partial charge is 0.274 e. The number of rotatable bonds is 3. The smallest absolute Gasteiger partial charge is 0.264 e. The van der Waals surface area contributed by atoms with Gasteiger partial charge in [-0.05, 0) is 42.5 Å². The number of carbonyl (C=O) groups excluding carboxylic acids is 1. The van der Waals surface area contributed by atoms with Gasteiger partial charge in [-0.3, -0.25) is 4.79 Å². The Morgan fingerprint density at radius 1 is 1.22 bits per heavy atom. The van der Waals surface area contributed by atoms with Crippen molar-refractivity contribution in [2.45, 2.75) is 38.0 Å². The Morgan fingerprint density at radius 3 is 2.56 bits per heavy atom. The van der Waals surface area contributed by atoms with Crippen molar-refractivity contribution in [1.29, 1.82) is 0 Å². The van der Waals surface area contributed by atoms with Crippen LogP contribution >= 0.6 is 0 Å². The van der Waals surface area contributed by atoms with Crippen molar-refractivity contribution >= 4 is 15.9 Å². The molecule has 1 aliphatic carbocycles. The van der Waals surface area contributed by atoms with Gasteiger partial charge in [-0.2, -0.15) is 0 Å². The maximum atomic E-state index is 12.0. The second kappa shape index (κ2) is 4.72. The van der Waals surface area contributed by atoms with Crippen LogP contribution in [0.1, 0.15) is 31.4 Å². The van der Waals surface area contributed by atoms with Crippen LogP contribution in [-0.2, 0) is 27.7 Å². The molecule has 0 atom stereocenters. The fourth-order valence-electron chi connectivity index (χ4n) is 2.02. The molecule has 18 heavy (non-hydrogen) atoms. The highest BCUT2D eigenvalue weighted by Gasteiger charge is 2.21. The average molecular weight is 267 g/mol. The maximum Gasteiger partial charge on any atom is 0.264 e. The molecule has 1 N–H and O–H groups in total. The molecule has 0 saturated carbocycles. The first-order valence-corrected chi connectivity index (χ1v) is 7.57. The lowest BCUT2D eigenvalue weighted by Crippen LogP contribution is -2.33. The van der Waals surface area contributed by atoms with E-state index in [1.165, 1.54) is 5.56 Å². The fourth-order valence-corrected chi connectivity index (χ4v) is 3.19. The molecule has 98 valence electrons. The average Bonchev–Trinajstić information content (AvgIpc) is 2.74. The fraction of sp³-hybridized carbons (Fsp3) is 0.462. The topological polar surface area (TPSA) is 63.2 Å². The third kappa shape index (κ3) is 2.56. The van der Waals surface area contributed by atoms with Gasteiger partial charge < -0.3 is 0 Å². The lowest BCUT2D eigenvalue weighted by Gasteiger charge is -2.10. The van der Waals surface area contributed by atoms with Gasteiger partial charge in [0, 0.05) is 5.92 Å². The number of sulfonamides is 1. The number of benzene rings is 1. The molecule has 1 aliphatic rings. The van der Waals surface area contributed by atoms with Crippen LogP contribution in [0, 0.1) is 5.92 Å². The molecule has 0 heterocycles. The van der Waals surface area contributed by atoms with E-state index in [0.29, 0.717) is 0 Å². The molecule has 0 unspecified atom stereocenters. The summed E-state index contributed by atoms with van der Waals surface area (Å²) in [5.41, 5.74) is 2.29. The third-order valence-corrected chi connectivity index (χ3v) is 4.48. The van der Waals surface area contributed by atoms with E-state index in [9.17, 15) is 13.2 Å². The van der Waals surface area contributed by atoms with Crippen LogP contribution in [0.3, 0.4) is 0 Å². The van der Waals surface area contributed by atoms with Gasteiger partial charge in [0.15, 0.2) is 0 Å². The second-order valence-electron chi connectivity index (χ2n) is 4.91. The van der Waals surface area contributed by atoms with Crippen LogP contribution in [0.2, 0.25) is 0 Å². The lowest BCUT2D eigenvalue weighted by atomic mass is 10.1. The molecule has 0 radical (unpaired) electrons. The van der Waals surface area contributed by atoms with Gasteiger partial charge in [-0.15, -0.1) is 0 Å². The summed E-state index contributed by atoms with van der Waals surface area (Å²) in [6.07, 6.45) is 2.99. The Morgan fingerprint density at radius 2 is 1.89 bits per heavy atom. The summed E-state index contributed by atoms with van der Waals surface area (Å²) < 4.78 is 26.1. The zero-order valence-electron chi connectivity index (χ0n) is 10.6. The van der Waals surface area contributed by atoms with Crippen LogP contribution in [0.15, 0.2) is 23.1 Å². The molecule has 0 aromatic heterocycles. The van der Waals surface area contributed by atoms with Gasteiger partial charge in [0.25, 0.3) is 10.0 Å². The molecule has 1 amide bonds. The van der Waals surface area contributed by atoms with Gasteiger partial charge in [0.2, 0.25) is 5.91 Å². The molecule has 0 bridgehead atoms. The van der Waals surface area contributed by atoms with Crippen LogP contribution in [0.25, 0.3) is 0 Å². The van der Waals surface area contributed by atoms with E-state index in [1.807, 2.05) is 6.07 Å². The Balaban J connectivity index is 2.28. The van der Waals surface area contributed by atoms with Gasteiger partial charge in [0.05, 0.1) is 4.90 Å².